The monoisotopic (exact) mass is 341 g/mol. The summed E-state index contributed by atoms with van der Waals surface area (Å²) >= 11 is 1.48. The molecular formula is C18H15NO4S. The van der Waals surface area contributed by atoms with Gasteiger partial charge in [-0.15, -0.1) is 11.3 Å². The van der Waals surface area contributed by atoms with Gasteiger partial charge >= 0.3 is 5.97 Å². The molecule has 0 radical (unpaired) electrons. The molecular weight excluding hydrogens is 326 g/mol. The van der Waals surface area contributed by atoms with Crippen LogP contribution in [-0.4, -0.2) is 23.2 Å². The molecule has 0 aliphatic rings. The molecule has 6 heteroatoms. The van der Waals surface area contributed by atoms with E-state index in [1.807, 2.05) is 29.6 Å². The van der Waals surface area contributed by atoms with Crippen molar-refractivity contribution in [2.24, 2.45) is 0 Å². The van der Waals surface area contributed by atoms with Gasteiger partial charge in [-0.05, 0) is 36.4 Å². The smallest absolute Gasteiger partial charge is 0.338 e. The molecule has 0 fully saturated rings. The fraction of sp³-hybridized carbons (Fsp3) is 0.111. The van der Waals surface area contributed by atoms with Crippen LogP contribution < -0.4 is 4.74 Å². The first-order chi connectivity index (χ1) is 11.7. The van der Waals surface area contributed by atoms with Crippen LogP contribution in [0.1, 0.15) is 16.1 Å². The predicted molar refractivity (Wildman–Crippen MR) is 91.3 cm³/mol. The van der Waals surface area contributed by atoms with Crippen molar-refractivity contribution in [3.8, 4) is 22.1 Å². The van der Waals surface area contributed by atoms with E-state index in [4.69, 9.17) is 9.47 Å². The zero-order valence-electron chi connectivity index (χ0n) is 12.9. The Kier molecular flexibility index (Phi) is 4.77. The normalized spacial score (nSPS) is 10.4. The largest absolute Gasteiger partial charge is 0.508 e. The molecule has 122 valence electrons. The van der Waals surface area contributed by atoms with E-state index in [0.29, 0.717) is 11.3 Å². The number of carbonyl (C=O) groups excluding carboxylic acids is 1. The number of benzene rings is 2. The van der Waals surface area contributed by atoms with E-state index < -0.39 is 5.97 Å². The van der Waals surface area contributed by atoms with Gasteiger partial charge in [0.2, 0.25) is 0 Å². The summed E-state index contributed by atoms with van der Waals surface area (Å²) in [6.45, 7) is 0.0974. The Morgan fingerprint density at radius 3 is 2.75 bits per heavy atom. The van der Waals surface area contributed by atoms with Crippen LogP contribution in [-0.2, 0) is 11.3 Å². The maximum atomic E-state index is 11.9. The molecule has 3 rings (SSSR count). The number of hydrogen-bond donors (Lipinski definition) is 1. The lowest BCUT2D eigenvalue weighted by Gasteiger charge is -2.03. The fourth-order valence-electron chi connectivity index (χ4n) is 2.08. The summed E-state index contributed by atoms with van der Waals surface area (Å²) in [5.41, 5.74) is 2.02. The van der Waals surface area contributed by atoms with E-state index >= 15 is 0 Å². The first kappa shape index (κ1) is 16.0. The van der Waals surface area contributed by atoms with Gasteiger partial charge in [0.05, 0.1) is 18.4 Å². The number of phenols is 1. The number of aromatic hydroxyl groups is 1. The molecule has 3 aromatic rings. The van der Waals surface area contributed by atoms with Crippen LogP contribution in [0.2, 0.25) is 0 Å². The minimum absolute atomic E-state index is 0.0974. The van der Waals surface area contributed by atoms with Crippen molar-refractivity contribution in [3.05, 3.63) is 65.2 Å². The van der Waals surface area contributed by atoms with Crippen LogP contribution in [0, 0.1) is 0 Å². The molecule has 1 heterocycles. The van der Waals surface area contributed by atoms with Gasteiger partial charge in [0.15, 0.2) is 0 Å². The van der Waals surface area contributed by atoms with Crippen molar-refractivity contribution in [1.82, 2.24) is 4.98 Å². The highest BCUT2D eigenvalue weighted by Crippen LogP contribution is 2.27. The quantitative estimate of drug-likeness (QED) is 0.713. The minimum Gasteiger partial charge on any atom is -0.508 e. The summed E-state index contributed by atoms with van der Waals surface area (Å²) in [6.07, 6.45) is 0. The lowest BCUT2D eigenvalue weighted by molar-refractivity contribution is 0.0468. The molecule has 0 spiro atoms. The SMILES string of the molecule is COc1cccc(-c2nc(COC(=O)c3ccc(O)cc3)cs2)c1. The molecule has 0 aliphatic carbocycles. The van der Waals surface area contributed by atoms with Crippen LogP contribution >= 0.6 is 11.3 Å². The average Bonchev–Trinajstić information content (AvgIpc) is 3.09. The fourth-order valence-corrected chi connectivity index (χ4v) is 2.88. The second-order valence-electron chi connectivity index (χ2n) is 5.00. The number of hydrogen-bond acceptors (Lipinski definition) is 6. The Morgan fingerprint density at radius 2 is 2.00 bits per heavy atom. The van der Waals surface area contributed by atoms with E-state index in [2.05, 4.69) is 4.98 Å². The summed E-state index contributed by atoms with van der Waals surface area (Å²) in [7, 11) is 1.62. The van der Waals surface area contributed by atoms with Crippen molar-refractivity contribution in [3.63, 3.8) is 0 Å². The highest BCUT2D eigenvalue weighted by Gasteiger charge is 2.10. The minimum atomic E-state index is -0.453. The number of phenolic OH excluding ortho intramolecular Hbond substituents is 1. The van der Waals surface area contributed by atoms with E-state index in [0.717, 1.165) is 16.3 Å². The topological polar surface area (TPSA) is 68.7 Å². The van der Waals surface area contributed by atoms with Gasteiger partial charge < -0.3 is 14.6 Å². The van der Waals surface area contributed by atoms with Crippen molar-refractivity contribution in [2.45, 2.75) is 6.61 Å². The summed E-state index contributed by atoms with van der Waals surface area (Å²) < 4.78 is 10.5. The number of esters is 1. The predicted octanol–water partition coefficient (Wildman–Crippen LogP) is 3.88. The first-order valence-corrected chi connectivity index (χ1v) is 8.08. The molecule has 1 aromatic heterocycles. The number of ether oxygens (including phenoxy) is 2. The van der Waals surface area contributed by atoms with Crippen molar-refractivity contribution in [2.75, 3.05) is 7.11 Å². The zero-order valence-corrected chi connectivity index (χ0v) is 13.7. The van der Waals surface area contributed by atoms with E-state index in [1.54, 1.807) is 7.11 Å². The molecule has 0 aliphatic heterocycles. The lowest BCUT2D eigenvalue weighted by Crippen LogP contribution is -2.05. The second kappa shape index (κ2) is 7.14. The third kappa shape index (κ3) is 3.72. The first-order valence-electron chi connectivity index (χ1n) is 7.20. The number of nitrogens with zero attached hydrogens (tertiary/aromatic N) is 1. The Bertz CT molecular complexity index is 842. The molecule has 5 nitrogen and oxygen atoms in total. The molecule has 2 aromatic carbocycles. The maximum absolute atomic E-state index is 11.9. The number of methoxy groups -OCH3 is 1. The van der Waals surface area contributed by atoms with Gasteiger partial charge in [-0.2, -0.15) is 0 Å². The Balaban J connectivity index is 1.65. The van der Waals surface area contributed by atoms with Crippen molar-refractivity contribution in [1.29, 1.82) is 0 Å². The van der Waals surface area contributed by atoms with Gasteiger partial charge in [0.25, 0.3) is 0 Å². The van der Waals surface area contributed by atoms with E-state index in [-0.39, 0.29) is 12.4 Å². The number of aromatic nitrogens is 1. The number of rotatable bonds is 5. The van der Waals surface area contributed by atoms with Gasteiger partial charge in [-0.1, -0.05) is 12.1 Å². The van der Waals surface area contributed by atoms with Gasteiger partial charge in [-0.25, -0.2) is 9.78 Å². The zero-order chi connectivity index (χ0) is 16.9. The molecule has 0 saturated carbocycles. The molecule has 0 saturated heterocycles. The second-order valence-corrected chi connectivity index (χ2v) is 5.86. The number of thiazole rings is 1. The van der Waals surface area contributed by atoms with Gasteiger partial charge in [0, 0.05) is 10.9 Å². The van der Waals surface area contributed by atoms with Crippen LogP contribution in [0.4, 0.5) is 0 Å². The van der Waals surface area contributed by atoms with E-state index in [9.17, 15) is 9.90 Å². The molecule has 0 amide bonds. The van der Waals surface area contributed by atoms with Gasteiger partial charge in [0.1, 0.15) is 23.1 Å². The van der Waals surface area contributed by atoms with E-state index in [1.165, 1.54) is 35.6 Å². The van der Waals surface area contributed by atoms with Crippen molar-refractivity contribution >= 4 is 17.3 Å². The third-order valence-electron chi connectivity index (χ3n) is 3.32. The molecule has 0 atom stereocenters. The molecule has 24 heavy (non-hydrogen) atoms. The lowest BCUT2D eigenvalue weighted by atomic mass is 10.2. The van der Waals surface area contributed by atoms with Crippen LogP contribution in [0.25, 0.3) is 10.6 Å². The Labute approximate surface area is 143 Å². The summed E-state index contributed by atoms with van der Waals surface area (Å²) in [5, 5.41) is 11.9. The summed E-state index contributed by atoms with van der Waals surface area (Å²) in [5.74, 6) is 0.419. The van der Waals surface area contributed by atoms with Crippen LogP contribution in [0.3, 0.4) is 0 Å². The Hall–Kier alpha value is -2.86. The molecule has 0 bridgehead atoms. The maximum Gasteiger partial charge on any atom is 0.338 e. The summed E-state index contributed by atoms with van der Waals surface area (Å²) in [4.78, 5) is 16.4. The van der Waals surface area contributed by atoms with Crippen molar-refractivity contribution < 1.29 is 19.4 Å². The molecule has 1 N–H and O–H groups in total. The van der Waals surface area contributed by atoms with Gasteiger partial charge in [-0.3, -0.25) is 0 Å². The highest BCUT2D eigenvalue weighted by atomic mass is 32.1. The molecule has 0 unspecified atom stereocenters. The average molecular weight is 341 g/mol. The Morgan fingerprint density at radius 1 is 1.21 bits per heavy atom. The number of carbonyl (C=O) groups is 1. The van der Waals surface area contributed by atoms with Crippen LogP contribution in [0.15, 0.2) is 53.9 Å². The highest BCUT2D eigenvalue weighted by molar-refractivity contribution is 7.13. The third-order valence-corrected chi connectivity index (χ3v) is 4.26. The standard InChI is InChI=1S/C18H15NO4S/c1-22-16-4-2-3-13(9-16)17-19-14(11-24-17)10-23-18(21)12-5-7-15(20)8-6-12/h2-9,11,20H,10H2,1H3. The summed E-state index contributed by atoms with van der Waals surface area (Å²) in [6, 6.07) is 13.6. The van der Waals surface area contributed by atoms with Crippen LogP contribution in [0.5, 0.6) is 11.5 Å².